The SMILES string of the molecule is CCN1CCC(NC2CCCC(C)(C)CC2)CC1. The third-order valence-corrected chi connectivity index (χ3v) is 5.08. The second-order valence-electron chi connectivity index (χ2n) is 7.17. The maximum atomic E-state index is 3.95. The second kappa shape index (κ2) is 6.38. The van der Waals surface area contributed by atoms with Gasteiger partial charge in [-0.3, -0.25) is 0 Å². The van der Waals surface area contributed by atoms with Crippen molar-refractivity contribution < 1.29 is 0 Å². The maximum Gasteiger partial charge on any atom is 0.00940 e. The van der Waals surface area contributed by atoms with Gasteiger partial charge in [0.1, 0.15) is 0 Å². The van der Waals surface area contributed by atoms with Gasteiger partial charge in [-0.05, 0) is 63.6 Å². The largest absolute Gasteiger partial charge is 0.311 e. The lowest BCUT2D eigenvalue weighted by Gasteiger charge is -2.34. The molecule has 1 unspecified atom stereocenters. The fourth-order valence-electron chi connectivity index (χ4n) is 3.58. The minimum Gasteiger partial charge on any atom is -0.311 e. The molecular weight excluding hydrogens is 220 g/mol. The molecule has 106 valence electrons. The number of hydrogen-bond donors (Lipinski definition) is 1. The van der Waals surface area contributed by atoms with Crippen LogP contribution in [0.15, 0.2) is 0 Å². The molecule has 0 radical (unpaired) electrons. The number of rotatable bonds is 3. The summed E-state index contributed by atoms with van der Waals surface area (Å²) in [7, 11) is 0. The van der Waals surface area contributed by atoms with Crippen molar-refractivity contribution in [2.75, 3.05) is 19.6 Å². The zero-order valence-corrected chi connectivity index (χ0v) is 12.7. The van der Waals surface area contributed by atoms with E-state index < -0.39 is 0 Å². The quantitative estimate of drug-likeness (QED) is 0.774. The normalized spacial score (nSPS) is 31.2. The van der Waals surface area contributed by atoms with Gasteiger partial charge in [0, 0.05) is 12.1 Å². The third kappa shape index (κ3) is 4.24. The minimum absolute atomic E-state index is 0.585. The van der Waals surface area contributed by atoms with Crippen LogP contribution >= 0.6 is 0 Å². The summed E-state index contributed by atoms with van der Waals surface area (Å²) in [4.78, 5) is 2.58. The Morgan fingerprint density at radius 3 is 2.33 bits per heavy atom. The highest BCUT2D eigenvalue weighted by Gasteiger charge is 2.26. The van der Waals surface area contributed by atoms with Gasteiger partial charge in [0.05, 0.1) is 0 Å². The van der Waals surface area contributed by atoms with Gasteiger partial charge in [0.15, 0.2) is 0 Å². The number of nitrogens with zero attached hydrogens (tertiary/aromatic N) is 1. The monoisotopic (exact) mass is 252 g/mol. The fourth-order valence-corrected chi connectivity index (χ4v) is 3.58. The first-order valence-corrected chi connectivity index (χ1v) is 8.07. The predicted octanol–water partition coefficient (Wildman–Crippen LogP) is 3.42. The van der Waals surface area contributed by atoms with Crippen LogP contribution in [0.1, 0.15) is 65.7 Å². The van der Waals surface area contributed by atoms with Crippen molar-refractivity contribution in [3.05, 3.63) is 0 Å². The Hall–Kier alpha value is -0.0800. The van der Waals surface area contributed by atoms with Crippen LogP contribution in [-0.4, -0.2) is 36.6 Å². The summed E-state index contributed by atoms with van der Waals surface area (Å²) in [5, 5.41) is 3.95. The summed E-state index contributed by atoms with van der Waals surface area (Å²) in [5.41, 5.74) is 0.585. The summed E-state index contributed by atoms with van der Waals surface area (Å²) in [6.45, 7) is 11.0. The van der Waals surface area contributed by atoms with Gasteiger partial charge in [0.2, 0.25) is 0 Å². The van der Waals surface area contributed by atoms with Crippen LogP contribution in [0.3, 0.4) is 0 Å². The predicted molar refractivity (Wildman–Crippen MR) is 78.9 cm³/mol. The van der Waals surface area contributed by atoms with E-state index in [9.17, 15) is 0 Å². The van der Waals surface area contributed by atoms with Gasteiger partial charge in [0.25, 0.3) is 0 Å². The first-order chi connectivity index (χ1) is 8.59. The summed E-state index contributed by atoms with van der Waals surface area (Å²) in [6, 6.07) is 1.59. The molecule has 1 saturated heterocycles. The Bertz CT molecular complexity index is 241. The Labute approximate surface area is 114 Å². The molecule has 2 heteroatoms. The smallest absolute Gasteiger partial charge is 0.00940 e. The Morgan fingerprint density at radius 1 is 1.00 bits per heavy atom. The topological polar surface area (TPSA) is 15.3 Å². The number of hydrogen-bond acceptors (Lipinski definition) is 2. The highest BCUT2D eigenvalue weighted by atomic mass is 15.1. The molecule has 2 aliphatic rings. The minimum atomic E-state index is 0.585. The molecule has 2 fully saturated rings. The van der Waals surface area contributed by atoms with Crippen molar-refractivity contribution in [1.82, 2.24) is 10.2 Å². The first kappa shape index (κ1) is 14.3. The van der Waals surface area contributed by atoms with Gasteiger partial charge >= 0.3 is 0 Å². The van der Waals surface area contributed by atoms with Crippen molar-refractivity contribution in [2.24, 2.45) is 5.41 Å². The van der Waals surface area contributed by atoms with E-state index in [1.165, 1.54) is 64.6 Å². The summed E-state index contributed by atoms with van der Waals surface area (Å²) in [5.74, 6) is 0. The van der Waals surface area contributed by atoms with Crippen LogP contribution < -0.4 is 5.32 Å². The average Bonchev–Trinajstić information content (AvgIpc) is 2.52. The lowest BCUT2D eigenvalue weighted by atomic mass is 9.85. The molecule has 1 N–H and O–H groups in total. The van der Waals surface area contributed by atoms with Crippen LogP contribution in [0.5, 0.6) is 0 Å². The van der Waals surface area contributed by atoms with Gasteiger partial charge < -0.3 is 10.2 Å². The van der Waals surface area contributed by atoms with Crippen molar-refractivity contribution in [3.8, 4) is 0 Å². The molecular formula is C16H32N2. The van der Waals surface area contributed by atoms with Gasteiger partial charge in [-0.25, -0.2) is 0 Å². The number of nitrogens with one attached hydrogen (secondary N) is 1. The standard InChI is InChI=1S/C16H32N2/c1-4-18-12-8-15(9-13-18)17-14-6-5-10-16(2,3)11-7-14/h14-15,17H,4-13H2,1-3H3. The molecule has 1 atom stereocenters. The lowest BCUT2D eigenvalue weighted by Crippen LogP contribution is -2.46. The van der Waals surface area contributed by atoms with Crippen molar-refractivity contribution in [1.29, 1.82) is 0 Å². The van der Waals surface area contributed by atoms with E-state index in [0.717, 1.165) is 12.1 Å². The molecule has 2 nitrogen and oxygen atoms in total. The molecule has 0 amide bonds. The average molecular weight is 252 g/mol. The van der Waals surface area contributed by atoms with E-state index in [1.54, 1.807) is 0 Å². The van der Waals surface area contributed by atoms with E-state index in [2.05, 4.69) is 31.0 Å². The van der Waals surface area contributed by atoms with Crippen LogP contribution in [0.25, 0.3) is 0 Å². The van der Waals surface area contributed by atoms with E-state index in [4.69, 9.17) is 0 Å². The van der Waals surface area contributed by atoms with E-state index in [-0.39, 0.29) is 0 Å². The summed E-state index contributed by atoms with van der Waals surface area (Å²) >= 11 is 0. The van der Waals surface area contributed by atoms with Crippen molar-refractivity contribution in [3.63, 3.8) is 0 Å². The van der Waals surface area contributed by atoms with Crippen LogP contribution in [-0.2, 0) is 0 Å². The van der Waals surface area contributed by atoms with E-state index in [1.807, 2.05) is 0 Å². The maximum absolute atomic E-state index is 3.95. The number of piperidine rings is 1. The van der Waals surface area contributed by atoms with Crippen LogP contribution in [0, 0.1) is 5.41 Å². The molecule has 1 heterocycles. The molecule has 1 aliphatic heterocycles. The van der Waals surface area contributed by atoms with Gasteiger partial charge in [-0.15, -0.1) is 0 Å². The van der Waals surface area contributed by atoms with Crippen LogP contribution in [0.4, 0.5) is 0 Å². The second-order valence-corrected chi connectivity index (χ2v) is 7.17. The molecule has 1 saturated carbocycles. The first-order valence-electron chi connectivity index (χ1n) is 8.07. The number of likely N-dealkylation sites (tertiary alicyclic amines) is 1. The molecule has 18 heavy (non-hydrogen) atoms. The molecule has 0 aromatic carbocycles. The van der Waals surface area contributed by atoms with Crippen LogP contribution in [0.2, 0.25) is 0 Å². The zero-order chi connectivity index (χ0) is 13.0. The lowest BCUT2D eigenvalue weighted by molar-refractivity contribution is 0.195. The summed E-state index contributed by atoms with van der Waals surface area (Å²) in [6.07, 6.45) is 9.73. The summed E-state index contributed by atoms with van der Waals surface area (Å²) < 4.78 is 0. The Kier molecular flexibility index (Phi) is 5.08. The highest BCUT2D eigenvalue weighted by molar-refractivity contribution is 4.84. The van der Waals surface area contributed by atoms with Gasteiger partial charge in [-0.1, -0.05) is 27.2 Å². The molecule has 2 rings (SSSR count). The zero-order valence-electron chi connectivity index (χ0n) is 12.7. The Morgan fingerprint density at radius 2 is 1.67 bits per heavy atom. The van der Waals surface area contributed by atoms with Gasteiger partial charge in [-0.2, -0.15) is 0 Å². The van der Waals surface area contributed by atoms with E-state index >= 15 is 0 Å². The molecule has 0 bridgehead atoms. The third-order valence-electron chi connectivity index (χ3n) is 5.08. The molecule has 0 aromatic heterocycles. The van der Waals surface area contributed by atoms with E-state index in [0.29, 0.717) is 5.41 Å². The van der Waals surface area contributed by atoms with Crippen molar-refractivity contribution in [2.45, 2.75) is 77.8 Å². The molecule has 0 aromatic rings. The fraction of sp³-hybridized carbons (Fsp3) is 1.00. The Balaban J connectivity index is 1.73. The van der Waals surface area contributed by atoms with Crippen molar-refractivity contribution >= 4 is 0 Å². The molecule has 1 aliphatic carbocycles. The molecule has 0 spiro atoms. The highest BCUT2D eigenvalue weighted by Crippen LogP contribution is 2.34.